The van der Waals surface area contributed by atoms with Gasteiger partial charge in [-0.2, -0.15) is 9.61 Å². The molecule has 15 nitrogen and oxygen atoms in total. The molecule has 0 aliphatic heterocycles. The minimum Gasteiger partial charge on any atom is -0.355 e. The van der Waals surface area contributed by atoms with Crippen molar-refractivity contribution in [2.45, 2.75) is 78.6 Å². The van der Waals surface area contributed by atoms with Gasteiger partial charge in [-0.15, -0.1) is 5.10 Å². The third-order valence-electron chi connectivity index (χ3n) is 16.1. The number of benzene rings is 6. The molecule has 0 saturated heterocycles. The topological polar surface area (TPSA) is 180 Å². The number of pyridine rings is 3. The zero-order valence-corrected chi connectivity index (χ0v) is 52.3. The van der Waals surface area contributed by atoms with Gasteiger partial charge in [-0.3, -0.25) is 5.10 Å². The van der Waals surface area contributed by atoms with E-state index in [1.807, 2.05) is 104 Å². The third kappa shape index (κ3) is 13.7. The number of halogens is 6. The maximum atomic E-state index is 13.7. The molecule has 0 amide bonds. The Bertz CT molecular complexity index is 5100. The number of nitrogens with zero attached hydrogens (tertiary/aromatic N) is 11. The van der Waals surface area contributed by atoms with Crippen LogP contribution >= 0.6 is 0 Å². The number of aromatic amines is 1. The van der Waals surface area contributed by atoms with Crippen LogP contribution in [0.15, 0.2) is 190 Å². The SMILES string of the molecule is Cc1ccc2c(Cc3cccc(C(C)(F)F)c3)noc2c1C#Cc1cc2cn[nH]c2cn1.Cc1ccc2c(Cc3cccc(C(C)(F)F)c3)noc2c1C#Cc1ccc2cncn2c1.Cc1ccc2c(Cc3cccc(C(C)(F)F)c3)noc2c1C#Cc1ccc2nnnn2c1. The molecule has 474 valence electrons. The molecule has 15 aromatic rings. The van der Waals surface area contributed by atoms with Crippen LogP contribution in [0.4, 0.5) is 26.3 Å². The first-order valence-corrected chi connectivity index (χ1v) is 30.1. The van der Waals surface area contributed by atoms with Gasteiger partial charge >= 0.3 is 0 Å². The summed E-state index contributed by atoms with van der Waals surface area (Å²) in [5.74, 6) is 10.3. The van der Waals surface area contributed by atoms with Crippen molar-refractivity contribution in [3.8, 4) is 35.5 Å². The van der Waals surface area contributed by atoms with Crippen molar-refractivity contribution in [3.63, 3.8) is 0 Å². The largest absolute Gasteiger partial charge is 0.355 e. The van der Waals surface area contributed by atoms with Crippen LogP contribution in [-0.4, -0.2) is 60.1 Å². The Hall–Kier alpha value is -12.2. The van der Waals surface area contributed by atoms with Crippen molar-refractivity contribution < 1.29 is 39.9 Å². The first-order valence-electron chi connectivity index (χ1n) is 30.1. The van der Waals surface area contributed by atoms with Crippen LogP contribution in [0, 0.1) is 56.3 Å². The van der Waals surface area contributed by atoms with Gasteiger partial charge in [-0.1, -0.05) is 118 Å². The molecule has 0 aliphatic carbocycles. The minimum atomic E-state index is -2.90. The number of hydrogen-bond donors (Lipinski definition) is 1. The molecule has 9 aromatic heterocycles. The number of nitrogens with one attached hydrogen (secondary N) is 1. The number of aryl methyl sites for hydroxylation is 3. The molecule has 1 N–H and O–H groups in total. The van der Waals surface area contributed by atoms with E-state index in [9.17, 15) is 26.3 Å². The monoisotopic (exact) mass is 1280 g/mol. The molecule has 6 aromatic carbocycles. The van der Waals surface area contributed by atoms with Crippen LogP contribution in [0.1, 0.15) is 121 Å². The predicted octanol–water partition coefficient (Wildman–Crippen LogP) is 16.1. The highest BCUT2D eigenvalue weighted by molar-refractivity contribution is 5.89. The van der Waals surface area contributed by atoms with Gasteiger partial charge in [0.25, 0.3) is 17.8 Å². The van der Waals surface area contributed by atoms with E-state index in [4.69, 9.17) is 13.6 Å². The van der Waals surface area contributed by atoms with E-state index in [1.165, 1.54) is 36.4 Å². The highest BCUT2D eigenvalue weighted by atomic mass is 19.3. The van der Waals surface area contributed by atoms with E-state index >= 15 is 0 Å². The molecule has 15 rings (SSSR count). The maximum Gasteiger partial charge on any atom is 0.270 e. The zero-order valence-electron chi connectivity index (χ0n) is 52.3. The Labute approximate surface area is 544 Å². The lowest BCUT2D eigenvalue weighted by Crippen LogP contribution is -2.07. The molecule has 21 heteroatoms. The fourth-order valence-corrected chi connectivity index (χ4v) is 10.9. The van der Waals surface area contributed by atoms with Gasteiger partial charge in [-0.05, 0) is 137 Å². The van der Waals surface area contributed by atoms with Gasteiger partial charge in [0.15, 0.2) is 22.4 Å². The number of aromatic nitrogens is 12. The number of fused-ring (bicyclic) bond motifs is 6. The van der Waals surface area contributed by atoms with Crippen molar-refractivity contribution in [1.82, 2.24) is 60.1 Å². The molecular weight excluding hydrogens is 1230 g/mol. The number of H-pyrrole nitrogens is 1. The Morgan fingerprint density at radius 2 is 0.958 bits per heavy atom. The normalized spacial score (nSPS) is 11.6. The summed E-state index contributed by atoms with van der Waals surface area (Å²) in [6.07, 6.45) is 11.8. The van der Waals surface area contributed by atoms with Crippen LogP contribution < -0.4 is 0 Å². The molecule has 0 spiro atoms. The maximum absolute atomic E-state index is 13.7. The Balaban J connectivity index is 0.000000130. The Morgan fingerprint density at radius 3 is 1.45 bits per heavy atom. The van der Waals surface area contributed by atoms with Crippen molar-refractivity contribution in [1.29, 1.82) is 0 Å². The predicted molar refractivity (Wildman–Crippen MR) is 350 cm³/mol. The smallest absolute Gasteiger partial charge is 0.270 e. The van der Waals surface area contributed by atoms with Gasteiger partial charge in [-0.25, -0.2) is 36.3 Å². The van der Waals surface area contributed by atoms with E-state index in [-0.39, 0.29) is 16.7 Å². The number of tetrazole rings is 1. The molecule has 96 heavy (non-hydrogen) atoms. The fourth-order valence-electron chi connectivity index (χ4n) is 10.9. The molecule has 9 heterocycles. The molecule has 0 radical (unpaired) electrons. The van der Waals surface area contributed by atoms with Crippen LogP contribution in [0.25, 0.3) is 55.0 Å². The summed E-state index contributed by atoms with van der Waals surface area (Å²) in [6.45, 7) is 8.55. The van der Waals surface area contributed by atoms with E-state index in [2.05, 4.69) is 86.7 Å². The van der Waals surface area contributed by atoms with Gasteiger partial charge in [0, 0.05) is 102 Å². The van der Waals surface area contributed by atoms with Crippen LogP contribution in [0.2, 0.25) is 0 Å². The van der Waals surface area contributed by atoms with Gasteiger partial charge in [0.2, 0.25) is 0 Å². The Kier molecular flexibility index (Phi) is 16.8. The molecule has 0 bridgehead atoms. The second kappa shape index (κ2) is 25.7. The second-order valence-corrected chi connectivity index (χ2v) is 23.4. The van der Waals surface area contributed by atoms with Gasteiger partial charge in [0.05, 0.1) is 69.7 Å². The van der Waals surface area contributed by atoms with E-state index in [0.717, 1.165) is 115 Å². The molecule has 0 saturated carbocycles. The average molecular weight is 1290 g/mol. The van der Waals surface area contributed by atoms with Gasteiger partial charge in [0.1, 0.15) is 5.69 Å². The third-order valence-corrected chi connectivity index (χ3v) is 16.1. The van der Waals surface area contributed by atoms with E-state index in [1.54, 1.807) is 66.0 Å². The zero-order chi connectivity index (χ0) is 66.9. The quantitative estimate of drug-likeness (QED) is 0.107. The lowest BCUT2D eigenvalue weighted by Gasteiger charge is -2.11. The first-order chi connectivity index (χ1) is 46.1. The highest BCUT2D eigenvalue weighted by Crippen LogP contribution is 2.34. The number of imidazole rings is 1. The van der Waals surface area contributed by atoms with Crippen molar-refractivity contribution in [2.75, 3.05) is 0 Å². The number of hydrogen-bond acceptors (Lipinski definition) is 12. The lowest BCUT2D eigenvalue weighted by atomic mass is 10.00. The van der Waals surface area contributed by atoms with Crippen molar-refractivity contribution in [2.24, 2.45) is 0 Å². The van der Waals surface area contributed by atoms with E-state index < -0.39 is 17.8 Å². The van der Waals surface area contributed by atoms with Crippen molar-refractivity contribution >= 4 is 55.0 Å². The van der Waals surface area contributed by atoms with Crippen molar-refractivity contribution in [3.05, 3.63) is 278 Å². The summed E-state index contributed by atoms with van der Waals surface area (Å²) in [4.78, 5) is 8.46. The van der Waals surface area contributed by atoms with Gasteiger partial charge < -0.3 is 18.0 Å². The number of rotatable bonds is 9. The summed E-state index contributed by atoms with van der Waals surface area (Å²) in [6, 6.07) is 40.2. The van der Waals surface area contributed by atoms with E-state index in [0.29, 0.717) is 64.4 Å². The Morgan fingerprint density at radius 1 is 0.490 bits per heavy atom. The van der Waals surface area contributed by atoms with Crippen LogP contribution in [0.3, 0.4) is 0 Å². The molecular formula is C75H54F6N12O3. The minimum absolute atomic E-state index is 0.0138. The van der Waals surface area contributed by atoms with Crippen LogP contribution in [0.5, 0.6) is 0 Å². The highest BCUT2D eigenvalue weighted by Gasteiger charge is 2.27. The summed E-state index contributed by atoms with van der Waals surface area (Å²) >= 11 is 0. The molecule has 0 aliphatic rings. The summed E-state index contributed by atoms with van der Waals surface area (Å²) in [5.41, 5.74) is 15.8. The molecule has 0 fully saturated rings. The summed E-state index contributed by atoms with van der Waals surface area (Å²) < 4.78 is 103. The molecule has 0 unspecified atom stereocenters. The average Bonchev–Trinajstić information content (AvgIpc) is 1.54. The fraction of sp³-hybridized carbons (Fsp3) is 0.160. The number of alkyl halides is 6. The van der Waals surface area contributed by atoms with Crippen LogP contribution in [-0.2, 0) is 37.0 Å². The standard InChI is InChI=1S/C26H19F2N3O.C25H18F2N4O.C24H17F2N5O/c1-17-6-10-23-24(13-19-4-3-5-20(12-19)26(2,27)28)30-32-25(23)22(17)11-8-18-7-9-21-14-29-16-31(21)15-18;1-15-6-8-21-22(11-16-4-3-5-18(10-16)25(2,26)27)31-32-24(21)20(15)9-7-19-12-17-13-29-30-23(17)14-28-19;1-15-6-9-20-21(13-17-4-3-5-18(12-17)24(2,25)26)28-32-23(20)19(15)10-7-16-8-11-22-27-29-30-31(22)14-16/h3-7,9-10,12,14-16H,13H2,1-2H3;3-6,8,10,12-14H,11H2,1-2H3,(H,29,30);3-6,8-9,11-12,14H,13H2,1-2H3. The lowest BCUT2D eigenvalue weighted by molar-refractivity contribution is 0.0167. The second-order valence-electron chi connectivity index (χ2n) is 23.4. The molecule has 0 atom stereocenters. The summed E-state index contributed by atoms with van der Waals surface area (Å²) in [5, 5.41) is 34.3. The first kappa shape index (κ1) is 62.6. The summed E-state index contributed by atoms with van der Waals surface area (Å²) in [7, 11) is 0.